The van der Waals surface area contributed by atoms with Gasteiger partial charge in [0.2, 0.25) is 0 Å². The van der Waals surface area contributed by atoms with Crippen LogP contribution in [0, 0.1) is 12.7 Å². The monoisotopic (exact) mass is 278 g/mol. The van der Waals surface area contributed by atoms with Gasteiger partial charge in [-0.2, -0.15) is 5.10 Å². The number of amides is 1. The molecule has 1 aromatic heterocycles. The smallest absolute Gasteiger partial charge is 0.283 e. The molecule has 0 unspecified atom stereocenters. The zero-order chi connectivity index (χ0) is 13.8. The second-order valence-corrected chi connectivity index (χ2v) is 4.72. The Labute approximate surface area is 113 Å². The van der Waals surface area contributed by atoms with Crippen LogP contribution in [-0.4, -0.2) is 17.1 Å². The van der Waals surface area contributed by atoms with Crippen molar-refractivity contribution in [3.8, 4) is 0 Å². The molecule has 3 N–H and O–H groups in total. The standard InChI is InChI=1S/C12H11FN4OS/c1-7-10(19-12(14)16-7)11(18)17-15-6-8-4-2-3-5-9(8)13/h2-6H,1H3,(H2,14,16)(H,17,18)/b15-6+. The molecule has 1 aromatic carbocycles. The molecule has 1 amide bonds. The van der Waals surface area contributed by atoms with Gasteiger partial charge < -0.3 is 5.73 Å². The number of anilines is 1. The summed E-state index contributed by atoms with van der Waals surface area (Å²) in [5.74, 6) is -0.821. The number of nitrogens with two attached hydrogens (primary N) is 1. The van der Waals surface area contributed by atoms with Crippen molar-refractivity contribution in [3.05, 3.63) is 46.2 Å². The summed E-state index contributed by atoms with van der Waals surface area (Å²) in [6.45, 7) is 1.68. The first kappa shape index (κ1) is 13.2. The minimum absolute atomic E-state index is 0.295. The number of hydrogen-bond donors (Lipinski definition) is 2. The molecule has 0 atom stereocenters. The first-order valence-electron chi connectivity index (χ1n) is 5.39. The summed E-state index contributed by atoms with van der Waals surface area (Å²) in [4.78, 5) is 16.1. The maximum Gasteiger partial charge on any atom is 0.283 e. The van der Waals surface area contributed by atoms with Crippen LogP contribution in [0.2, 0.25) is 0 Å². The highest BCUT2D eigenvalue weighted by atomic mass is 32.1. The molecule has 1 heterocycles. The van der Waals surface area contributed by atoms with Gasteiger partial charge in [0.05, 0.1) is 11.9 Å². The average molecular weight is 278 g/mol. The zero-order valence-electron chi connectivity index (χ0n) is 10.1. The Morgan fingerprint density at radius 1 is 1.53 bits per heavy atom. The number of nitrogens with zero attached hydrogens (tertiary/aromatic N) is 2. The van der Waals surface area contributed by atoms with Crippen LogP contribution >= 0.6 is 11.3 Å². The molecule has 0 aliphatic carbocycles. The minimum atomic E-state index is -0.417. The van der Waals surface area contributed by atoms with Crippen LogP contribution in [0.5, 0.6) is 0 Å². The highest BCUT2D eigenvalue weighted by Gasteiger charge is 2.13. The first-order chi connectivity index (χ1) is 9.08. The van der Waals surface area contributed by atoms with Crippen LogP contribution in [0.3, 0.4) is 0 Å². The fourth-order valence-electron chi connectivity index (χ4n) is 1.42. The Kier molecular flexibility index (Phi) is 3.86. The van der Waals surface area contributed by atoms with E-state index in [0.29, 0.717) is 21.3 Å². The molecule has 0 fully saturated rings. The van der Waals surface area contributed by atoms with Crippen LogP contribution < -0.4 is 11.2 Å². The van der Waals surface area contributed by atoms with E-state index in [2.05, 4.69) is 15.5 Å². The van der Waals surface area contributed by atoms with E-state index in [0.717, 1.165) is 11.3 Å². The van der Waals surface area contributed by atoms with E-state index in [-0.39, 0.29) is 0 Å². The molecule has 0 saturated heterocycles. The molecular weight excluding hydrogens is 267 g/mol. The Morgan fingerprint density at radius 2 is 2.26 bits per heavy atom. The molecule has 7 heteroatoms. The average Bonchev–Trinajstić information content (AvgIpc) is 2.71. The Morgan fingerprint density at radius 3 is 2.89 bits per heavy atom. The van der Waals surface area contributed by atoms with Crippen LogP contribution in [0.1, 0.15) is 20.9 Å². The highest BCUT2D eigenvalue weighted by Crippen LogP contribution is 2.19. The number of carbonyl (C=O) groups excluding carboxylic acids is 1. The predicted octanol–water partition coefficient (Wildman–Crippen LogP) is 1.94. The van der Waals surface area contributed by atoms with Crippen LogP contribution in [0.15, 0.2) is 29.4 Å². The zero-order valence-corrected chi connectivity index (χ0v) is 10.9. The van der Waals surface area contributed by atoms with Gasteiger partial charge in [0.1, 0.15) is 10.7 Å². The molecule has 2 rings (SSSR count). The van der Waals surface area contributed by atoms with Gasteiger partial charge in [0.15, 0.2) is 5.13 Å². The lowest BCUT2D eigenvalue weighted by Crippen LogP contribution is -2.17. The Balaban J connectivity index is 2.05. The molecule has 0 aliphatic heterocycles. The van der Waals surface area contributed by atoms with E-state index in [1.807, 2.05) is 0 Å². The van der Waals surface area contributed by atoms with Gasteiger partial charge in [0, 0.05) is 5.56 Å². The van der Waals surface area contributed by atoms with E-state index >= 15 is 0 Å². The van der Waals surface area contributed by atoms with Crippen LogP contribution in [0.25, 0.3) is 0 Å². The normalized spacial score (nSPS) is 10.8. The van der Waals surface area contributed by atoms with Gasteiger partial charge in [0.25, 0.3) is 5.91 Å². The minimum Gasteiger partial charge on any atom is -0.375 e. The summed E-state index contributed by atoms with van der Waals surface area (Å²) in [6, 6.07) is 6.13. The van der Waals surface area contributed by atoms with Crippen molar-refractivity contribution < 1.29 is 9.18 Å². The summed E-state index contributed by atoms with van der Waals surface area (Å²) in [5, 5.41) is 4.02. The largest absolute Gasteiger partial charge is 0.375 e. The molecule has 0 radical (unpaired) electrons. The summed E-state index contributed by atoms with van der Waals surface area (Å²) >= 11 is 1.08. The number of benzene rings is 1. The lowest BCUT2D eigenvalue weighted by Gasteiger charge is -1.97. The fraction of sp³-hybridized carbons (Fsp3) is 0.0833. The number of carbonyl (C=O) groups is 1. The number of halogens is 1. The molecule has 19 heavy (non-hydrogen) atoms. The van der Waals surface area contributed by atoms with E-state index < -0.39 is 11.7 Å². The number of hydrazone groups is 1. The third-order valence-corrected chi connectivity index (χ3v) is 3.28. The maximum absolute atomic E-state index is 13.3. The highest BCUT2D eigenvalue weighted by molar-refractivity contribution is 7.17. The Bertz CT molecular complexity index is 638. The van der Waals surface area contributed by atoms with Gasteiger partial charge in [-0.25, -0.2) is 14.8 Å². The third-order valence-electron chi connectivity index (χ3n) is 2.29. The second-order valence-electron chi connectivity index (χ2n) is 3.69. The van der Waals surface area contributed by atoms with Crippen molar-refractivity contribution in [3.63, 3.8) is 0 Å². The summed E-state index contributed by atoms with van der Waals surface area (Å²) < 4.78 is 13.3. The molecule has 0 bridgehead atoms. The number of nitrogens with one attached hydrogen (secondary N) is 1. The quantitative estimate of drug-likeness (QED) is 0.665. The number of hydrogen-bond acceptors (Lipinski definition) is 5. The lowest BCUT2D eigenvalue weighted by atomic mass is 10.2. The van der Waals surface area contributed by atoms with Crippen molar-refractivity contribution in [2.45, 2.75) is 6.92 Å². The number of thiazole rings is 1. The molecule has 98 valence electrons. The molecule has 2 aromatic rings. The fourth-order valence-corrected chi connectivity index (χ4v) is 2.14. The molecule has 0 saturated carbocycles. The van der Waals surface area contributed by atoms with Gasteiger partial charge in [-0.05, 0) is 13.0 Å². The van der Waals surface area contributed by atoms with Crippen molar-refractivity contribution in [2.24, 2.45) is 5.10 Å². The van der Waals surface area contributed by atoms with Gasteiger partial charge >= 0.3 is 0 Å². The topological polar surface area (TPSA) is 80.4 Å². The number of nitrogen functional groups attached to an aromatic ring is 1. The summed E-state index contributed by atoms with van der Waals surface area (Å²) in [5.41, 5.74) is 8.64. The second kappa shape index (κ2) is 5.57. The third kappa shape index (κ3) is 3.14. The molecule has 0 spiro atoms. The first-order valence-corrected chi connectivity index (χ1v) is 6.20. The number of rotatable bonds is 3. The van der Waals surface area contributed by atoms with Crippen molar-refractivity contribution in [1.29, 1.82) is 0 Å². The SMILES string of the molecule is Cc1nc(N)sc1C(=O)N/N=C/c1ccccc1F. The van der Waals surface area contributed by atoms with Gasteiger partial charge in [-0.3, -0.25) is 4.79 Å². The van der Waals surface area contributed by atoms with Gasteiger partial charge in [-0.1, -0.05) is 29.5 Å². The lowest BCUT2D eigenvalue weighted by molar-refractivity contribution is 0.0958. The maximum atomic E-state index is 13.3. The van der Waals surface area contributed by atoms with Crippen LogP contribution in [0.4, 0.5) is 9.52 Å². The van der Waals surface area contributed by atoms with Crippen molar-refractivity contribution in [2.75, 3.05) is 5.73 Å². The molecular formula is C12H11FN4OS. The molecule has 0 aliphatic rings. The van der Waals surface area contributed by atoms with E-state index in [1.165, 1.54) is 12.3 Å². The van der Waals surface area contributed by atoms with E-state index in [4.69, 9.17) is 5.73 Å². The molecule has 5 nitrogen and oxygen atoms in total. The van der Waals surface area contributed by atoms with Gasteiger partial charge in [-0.15, -0.1) is 0 Å². The Hall–Kier alpha value is -2.28. The predicted molar refractivity (Wildman–Crippen MR) is 72.7 cm³/mol. The van der Waals surface area contributed by atoms with Crippen molar-refractivity contribution in [1.82, 2.24) is 10.4 Å². The van der Waals surface area contributed by atoms with E-state index in [9.17, 15) is 9.18 Å². The summed E-state index contributed by atoms with van der Waals surface area (Å²) in [7, 11) is 0. The van der Waals surface area contributed by atoms with Crippen molar-refractivity contribution >= 4 is 28.6 Å². The number of aryl methyl sites for hydroxylation is 1. The van der Waals surface area contributed by atoms with Crippen LogP contribution in [-0.2, 0) is 0 Å². The number of aromatic nitrogens is 1. The van der Waals surface area contributed by atoms with E-state index in [1.54, 1.807) is 25.1 Å². The summed E-state index contributed by atoms with van der Waals surface area (Å²) in [6.07, 6.45) is 1.24.